The van der Waals surface area contributed by atoms with E-state index in [2.05, 4.69) is 14.7 Å². The SMILES string of the molecule is CCCS(=O)(=O)Nc1ccc(F)c(C(=O)c2ccc3[nH]c4ncc(-c5ccc(C(N)=O)cc5)cc4c3c2)c1F. The highest BCUT2D eigenvalue weighted by atomic mass is 32.2. The third kappa shape index (κ3) is 4.96. The van der Waals surface area contributed by atoms with Gasteiger partial charge in [-0.2, -0.15) is 0 Å². The number of hydrogen-bond acceptors (Lipinski definition) is 5. The normalized spacial score (nSPS) is 11.7. The van der Waals surface area contributed by atoms with Gasteiger partial charge in [-0.05, 0) is 60.5 Å². The number of rotatable bonds is 8. The van der Waals surface area contributed by atoms with E-state index >= 15 is 4.39 Å². The molecule has 0 atom stereocenters. The van der Waals surface area contributed by atoms with E-state index in [4.69, 9.17) is 5.73 Å². The number of ketones is 1. The fraction of sp³-hybridized carbons (Fsp3) is 0.107. The quantitative estimate of drug-likeness (QED) is 0.231. The first-order valence-electron chi connectivity index (χ1n) is 11.9. The Morgan fingerprint density at radius 3 is 2.36 bits per heavy atom. The minimum atomic E-state index is -3.86. The van der Waals surface area contributed by atoms with Crippen LogP contribution in [0.15, 0.2) is 66.9 Å². The average molecular weight is 549 g/mol. The minimum absolute atomic E-state index is 0.00554. The number of aromatic amines is 1. The lowest BCUT2D eigenvalue weighted by Crippen LogP contribution is -2.18. The van der Waals surface area contributed by atoms with Crippen LogP contribution >= 0.6 is 0 Å². The lowest BCUT2D eigenvalue weighted by molar-refractivity contribution is 0.0998. The Balaban J connectivity index is 1.56. The standard InChI is InChI=1S/C28H22F2N4O4S/c1-2-11-39(37,38)34-23-10-8-21(29)24(25(23)30)26(35)17-7-9-22-19(12-17)20-13-18(14-32-28(20)33-22)15-3-5-16(6-4-15)27(31)36/h3-10,12-14,34H,2,11H2,1H3,(H2,31,36)(H,32,33). The maximum atomic E-state index is 15.2. The van der Waals surface area contributed by atoms with E-state index in [1.54, 1.807) is 43.5 Å². The number of amides is 1. The molecule has 198 valence electrons. The lowest BCUT2D eigenvalue weighted by atomic mass is 9.99. The van der Waals surface area contributed by atoms with E-state index in [1.807, 2.05) is 6.07 Å². The van der Waals surface area contributed by atoms with Crippen molar-refractivity contribution in [2.24, 2.45) is 5.73 Å². The molecule has 5 rings (SSSR count). The highest BCUT2D eigenvalue weighted by Gasteiger charge is 2.24. The van der Waals surface area contributed by atoms with Crippen molar-refractivity contribution in [1.82, 2.24) is 9.97 Å². The lowest BCUT2D eigenvalue weighted by Gasteiger charge is -2.11. The number of sulfonamides is 1. The zero-order chi connectivity index (χ0) is 27.9. The van der Waals surface area contributed by atoms with E-state index < -0.39 is 44.6 Å². The first-order chi connectivity index (χ1) is 18.6. The summed E-state index contributed by atoms with van der Waals surface area (Å²) in [5.74, 6) is -4.14. The van der Waals surface area contributed by atoms with Gasteiger partial charge in [-0.3, -0.25) is 14.3 Å². The predicted molar refractivity (Wildman–Crippen MR) is 145 cm³/mol. The number of benzene rings is 3. The average Bonchev–Trinajstić information content (AvgIpc) is 3.27. The third-order valence-corrected chi connectivity index (χ3v) is 7.75. The molecule has 0 radical (unpaired) electrons. The fourth-order valence-corrected chi connectivity index (χ4v) is 5.50. The largest absolute Gasteiger partial charge is 0.366 e. The van der Waals surface area contributed by atoms with Gasteiger partial charge >= 0.3 is 0 Å². The Morgan fingerprint density at radius 1 is 0.949 bits per heavy atom. The van der Waals surface area contributed by atoms with Gasteiger partial charge in [-0.15, -0.1) is 0 Å². The van der Waals surface area contributed by atoms with Crippen LogP contribution in [0.3, 0.4) is 0 Å². The van der Waals surface area contributed by atoms with Crippen molar-refractivity contribution in [2.75, 3.05) is 10.5 Å². The van der Waals surface area contributed by atoms with E-state index in [-0.39, 0.29) is 11.3 Å². The molecule has 4 N–H and O–H groups in total. The summed E-state index contributed by atoms with van der Waals surface area (Å²) in [7, 11) is -3.86. The molecule has 0 aliphatic carbocycles. The molecule has 0 saturated heterocycles. The molecule has 11 heteroatoms. The van der Waals surface area contributed by atoms with Gasteiger partial charge in [0.05, 0.1) is 17.0 Å². The number of anilines is 1. The summed E-state index contributed by atoms with van der Waals surface area (Å²) >= 11 is 0. The van der Waals surface area contributed by atoms with E-state index in [9.17, 15) is 22.4 Å². The van der Waals surface area contributed by atoms with Crippen LogP contribution in [0.1, 0.15) is 39.6 Å². The molecule has 0 fully saturated rings. The number of nitrogens with one attached hydrogen (secondary N) is 2. The number of pyridine rings is 1. The second-order valence-corrected chi connectivity index (χ2v) is 10.8. The number of aromatic nitrogens is 2. The van der Waals surface area contributed by atoms with Gasteiger partial charge in [0.1, 0.15) is 11.5 Å². The van der Waals surface area contributed by atoms with Crippen molar-refractivity contribution < 1.29 is 26.8 Å². The van der Waals surface area contributed by atoms with Gasteiger partial charge in [0, 0.05) is 39.2 Å². The number of H-pyrrole nitrogens is 1. The molecule has 39 heavy (non-hydrogen) atoms. The number of halogens is 2. The van der Waals surface area contributed by atoms with E-state index in [0.29, 0.717) is 33.9 Å². The van der Waals surface area contributed by atoms with Crippen molar-refractivity contribution in [3.8, 4) is 11.1 Å². The second kappa shape index (κ2) is 9.91. The molecule has 0 saturated carbocycles. The molecule has 2 heterocycles. The van der Waals surface area contributed by atoms with Gasteiger partial charge in [-0.1, -0.05) is 19.1 Å². The zero-order valence-corrected chi connectivity index (χ0v) is 21.4. The topological polar surface area (TPSA) is 135 Å². The van der Waals surface area contributed by atoms with Crippen molar-refractivity contribution in [1.29, 1.82) is 0 Å². The summed E-state index contributed by atoms with van der Waals surface area (Å²) < 4.78 is 56.2. The number of carbonyl (C=O) groups is 2. The zero-order valence-electron chi connectivity index (χ0n) is 20.6. The molecule has 1 amide bonds. The Bertz CT molecular complexity index is 1880. The number of nitrogens with two attached hydrogens (primary N) is 1. The summed E-state index contributed by atoms with van der Waals surface area (Å²) in [6.07, 6.45) is 1.95. The summed E-state index contributed by atoms with van der Waals surface area (Å²) in [6, 6.07) is 14.9. The molecule has 0 unspecified atom stereocenters. The summed E-state index contributed by atoms with van der Waals surface area (Å²) in [4.78, 5) is 32.3. The van der Waals surface area contributed by atoms with E-state index in [0.717, 1.165) is 23.3 Å². The first-order valence-corrected chi connectivity index (χ1v) is 13.6. The van der Waals surface area contributed by atoms with Crippen LogP contribution in [0.4, 0.5) is 14.5 Å². The Morgan fingerprint density at radius 2 is 1.67 bits per heavy atom. The Labute approximate surface area is 221 Å². The molecule has 8 nitrogen and oxygen atoms in total. The predicted octanol–water partition coefficient (Wildman–Crippen LogP) is 5.14. The molecule has 5 aromatic rings. The van der Waals surface area contributed by atoms with Crippen LogP contribution < -0.4 is 10.5 Å². The van der Waals surface area contributed by atoms with Crippen molar-refractivity contribution in [3.63, 3.8) is 0 Å². The highest BCUT2D eigenvalue weighted by Crippen LogP contribution is 2.31. The second-order valence-electron chi connectivity index (χ2n) is 8.98. The Kier molecular flexibility index (Phi) is 6.61. The summed E-state index contributed by atoms with van der Waals surface area (Å²) in [5.41, 5.74) is 7.02. The maximum Gasteiger partial charge on any atom is 0.248 e. The Hall–Kier alpha value is -4.64. The van der Waals surface area contributed by atoms with Gasteiger partial charge in [0.15, 0.2) is 11.6 Å². The summed E-state index contributed by atoms with van der Waals surface area (Å²) in [6.45, 7) is 1.65. The van der Waals surface area contributed by atoms with Crippen LogP contribution in [0.5, 0.6) is 0 Å². The number of carbonyl (C=O) groups excluding carboxylic acids is 2. The number of fused-ring (bicyclic) bond motifs is 3. The van der Waals surface area contributed by atoms with Crippen molar-refractivity contribution in [3.05, 3.63) is 95.2 Å². The third-order valence-electron chi connectivity index (χ3n) is 6.27. The fourth-order valence-electron chi connectivity index (χ4n) is 4.37. The molecular formula is C28H22F2N4O4S. The molecular weight excluding hydrogens is 526 g/mol. The molecule has 0 aliphatic heterocycles. The van der Waals surface area contributed by atoms with Crippen LogP contribution in [-0.4, -0.2) is 35.8 Å². The molecule has 0 spiro atoms. The van der Waals surface area contributed by atoms with Gasteiger partial charge in [-0.25, -0.2) is 22.2 Å². The van der Waals surface area contributed by atoms with Crippen LogP contribution in [0.25, 0.3) is 33.1 Å². The first kappa shape index (κ1) is 26.0. The molecule has 0 aliphatic rings. The van der Waals surface area contributed by atoms with Crippen molar-refractivity contribution in [2.45, 2.75) is 13.3 Å². The minimum Gasteiger partial charge on any atom is -0.366 e. The number of nitrogens with zero attached hydrogens (tertiary/aromatic N) is 1. The van der Waals surface area contributed by atoms with Gasteiger partial charge in [0.2, 0.25) is 15.9 Å². The van der Waals surface area contributed by atoms with Crippen LogP contribution in [-0.2, 0) is 10.0 Å². The number of primary amides is 1. The van der Waals surface area contributed by atoms with E-state index in [1.165, 1.54) is 12.1 Å². The molecule has 3 aromatic carbocycles. The van der Waals surface area contributed by atoms with Gasteiger partial charge < -0.3 is 10.7 Å². The number of hydrogen-bond donors (Lipinski definition) is 3. The van der Waals surface area contributed by atoms with Crippen LogP contribution in [0.2, 0.25) is 0 Å². The van der Waals surface area contributed by atoms with Gasteiger partial charge in [0.25, 0.3) is 0 Å². The maximum absolute atomic E-state index is 15.2. The molecule has 2 aromatic heterocycles. The smallest absolute Gasteiger partial charge is 0.248 e. The summed E-state index contributed by atoms with van der Waals surface area (Å²) in [5, 5.41) is 1.26. The monoisotopic (exact) mass is 548 g/mol. The highest BCUT2D eigenvalue weighted by molar-refractivity contribution is 7.92. The van der Waals surface area contributed by atoms with Crippen molar-refractivity contribution >= 4 is 49.3 Å². The molecule has 0 bridgehead atoms. The van der Waals surface area contributed by atoms with Crippen LogP contribution in [0, 0.1) is 11.6 Å².